The first-order valence-electron chi connectivity index (χ1n) is 35.8. The Morgan fingerprint density at radius 2 is 0.633 bits per heavy atom. The molecule has 0 bridgehead atoms. The smallest absolute Gasteiger partial charge is 0.305 e. The molecule has 0 heterocycles. The van der Waals surface area contributed by atoms with Gasteiger partial charge in [-0.05, 0) is 64.2 Å². The summed E-state index contributed by atoms with van der Waals surface area (Å²) in [5.74, 6) is -0.0567. The van der Waals surface area contributed by atoms with E-state index in [-0.39, 0.29) is 18.5 Å². The second-order valence-electron chi connectivity index (χ2n) is 24.6. The zero-order valence-corrected chi connectivity index (χ0v) is 53.4. The summed E-state index contributed by atoms with van der Waals surface area (Å²) >= 11 is 0. The highest BCUT2D eigenvalue weighted by Crippen LogP contribution is 2.18. The molecule has 0 aromatic carbocycles. The highest BCUT2D eigenvalue weighted by Gasteiger charge is 2.18. The molecule has 79 heavy (non-hydrogen) atoms. The number of nitrogens with one attached hydrogen (secondary N) is 1. The van der Waals surface area contributed by atoms with Gasteiger partial charge in [-0.1, -0.05) is 352 Å². The Kier molecular flexibility index (Phi) is 66.9. The molecule has 6 nitrogen and oxygen atoms in total. The maximum absolute atomic E-state index is 12.5. The summed E-state index contributed by atoms with van der Waals surface area (Å²) in [6, 6.07) is -0.632. The molecule has 0 spiro atoms. The Morgan fingerprint density at radius 1 is 0.354 bits per heavy atom. The SMILES string of the molecule is CCCCCCCCCCCCCCCCCCCCCCCC/C=C/C(O)C(CO)NC(=O)CCCCCCCCCCCCC/C=C\C/C=C\CCCCCCCCCCCOC(=O)CCCCCCCCCCCCC. The number of carbonyl (C=O) groups is 2. The fourth-order valence-corrected chi connectivity index (χ4v) is 11.2. The van der Waals surface area contributed by atoms with Crippen LogP contribution >= 0.6 is 0 Å². The summed E-state index contributed by atoms with van der Waals surface area (Å²) in [6.07, 6.45) is 88.0. The number of aliphatic hydroxyl groups is 2. The van der Waals surface area contributed by atoms with Crippen molar-refractivity contribution in [3.05, 3.63) is 36.5 Å². The first kappa shape index (κ1) is 77.1. The molecule has 0 aliphatic rings. The van der Waals surface area contributed by atoms with Crippen molar-refractivity contribution in [1.29, 1.82) is 0 Å². The van der Waals surface area contributed by atoms with Crippen LogP contribution in [-0.4, -0.2) is 47.4 Å². The molecular formula is C73H139NO5. The lowest BCUT2D eigenvalue weighted by Gasteiger charge is -2.20. The summed E-state index contributed by atoms with van der Waals surface area (Å²) in [5, 5.41) is 23.3. The number of carbonyl (C=O) groups excluding carboxylic acids is 2. The number of allylic oxidation sites excluding steroid dienone is 5. The van der Waals surface area contributed by atoms with Crippen LogP contribution in [0.2, 0.25) is 0 Å². The normalized spacial score (nSPS) is 12.7. The van der Waals surface area contributed by atoms with E-state index in [9.17, 15) is 19.8 Å². The van der Waals surface area contributed by atoms with E-state index in [0.717, 1.165) is 44.9 Å². The summed E-state index contributed by atoms with van der Waals surface area (Å²) in [6.45, 7) is 4.93. The minimum absolute atomic E-state index is 0.0104. The van der Waals surface area contributed by atoms with Crippen LogP contribution in [0.5, 0.6) is 0 Å². The van der Waals surface area contributed by atoms with Gasteiger partial charge in [-0.25, -0.2) is 0 Å². The Balaban J connectivity index is 3.45. The molecule has 0 aliphatic heterocycles. The van der Waals surface area contributed by atoms with Crippen LogP contribution < -0.4 is 5.32 Å². The van der Waals surface area contributed by atoms with E-state index < -0.39 is 12.1 Å². The van der Waals surface area contributed by atoms with E-state index in [1.54, 1.807) is 6.08 Å². The minimum atomic E-state index is -0.848. The summed E-state index contributed by atoms with van der Waals surface area (Å²) < 4.78 is 5.47. The first-order valence-corrected chi connectivity index (χ1v) is 35.8. The predicted octanol–water partition coefficient (Wildman–Crippen LogP) is 23.1. The zero-order chi connectivity index (χ0) is 57.1. The number of amides is 1. The largest absolute Gasteiger partial charge is 0.466 e. The topological polar surface area (TPSA) is 95.9 Å². The lowest BCUT2D eigenvalue weighted by molar-refractivity contribution is -0.143. The average molecular weight is 1110 g/mol. The quantitative estimate of drug-likeness (QED) is 0.0320. The van der Waals surface area contributed by atoms with Crippen LogP contribution in [-0.2, 0) is 14.3 Å². The van der Waals surface area contributed by atoms with Crippen molar-refractivity contribution >= 4 is 11.9 Å². The molecule has 0 aliphatic carbocycles. The fourth-order valence-electron chi connectivity index (χ4n) is 11.2. The monoisotopic (exact) mass is 1110 g/mol. The third-order valence-corrected chi connectivity index (χ3v) is 16.7. The van der Waals surface area contributed by atoms with E-state index in [1.165, 1.54) is 321 Å². The molecule has 0 fully saturated rings. The van der Waals surface area contributed by atoms with Gasteiger partial charge in [-0.2, -0.15) is 0 Å². The van der Waals surface area contributed by atoms with Gasteiger partial charge in [-0.3, -0.25) is 9.59 Å². The molecule has 1 amide bonds. The number of rotatable bonds is 67. The number of ether oxygens (including phenoxy) is 1. The molecule has 466 valence electrons. The van der Waals surface area contributed by atoms with Crippen molar-refractivity contribution < 1.29 is 24.5 Å². The third kappa shape index (κ3) is 65.1. The Morgan fingerprint density at radius 3 is 0.962 bits per heavy atom. The summed E-state index contributed by atoms with van der Waals surface area (Å²) in [4.78, 5) is 24.5. The van der Waals surface area contributed by atoms with Crippen LogP contribution in [0.1, 0.15) is 393 Å². The molecule has 0 radical (unpaired) electrons. The summed E-state index contributed by atoms with van der Waals surface area (Å²) in [7, 11) is 0. The lowest BCUT2D eigenvalue weighted by atomic mass is 10.0. The van der Waals surface area contributed by atoms with Crippen molar-refractivity contribution in [2.45, 2.75) is 405 Å². The molecule has 3 N–H and O–H groups in total. The Labute approximate surface area is 494 Å². The van der Waals surface area contributed by atoms with E-state index >= 15 is 0 Å². The molecule has 2 atom stereocenters. The second-order valence-corrected chi connectivity index (χ2v) is 24.6. The van der Waals surface area contributed by atoms with Gasteiger partial charge in [0.15, 0.2) is 0 Å². The maximum atomic E-state index is 12.5. The van der Waals surface area contributed by atoms with Crippen LogP contribution in [0.15, 0.2) is 36.5 Å². The fraction of sp³-hybridized carbons (Fsp3) is 0.890. The molecule has 6 heteroatoms. The van der Waals surface area contributed by atoms with Gasteiger partial charge < -0.3 is 20.3 Å². The maximum Gasteiger partial charge on any atom is 0.305 e. The van der Waals surface area contributed by atoms with Gasteiger partial charge in [0.05, 0.1) is 25.4 Å². The van der Waals surface area contributed by atoms with E-state index in [1.807, 2.05) is 6.08 Å². The molecule has 2 unspecified atom stereocenters. The average Bonchev–Trinajstić information content (AvgIpc) is 3.45. The van der Waals surface area contributed by atoms with Crippen LogP contribution in [0.3, 0.4) is 0 Å². The highest BCUT2D eigenvalue weighted by molar-refractivity contribution is 5.76. The highest BCUT2D eigenvalue weighted by atomic mass is 16.5. The van der Waals surface area contributed by atoms with Gasteiger partial charge in [0.25, 0.3) is 0 Å². The lowest BCUT2D eigenvalue weighted by Crippen LogP contribution is -2.45. The summed E-state index contributed by atoms with van der Waals surface area (Å²) in [5.41, 5.74) is 0. The molecule has 0 saturated carbocycles. The van der Waals surface area contributed by atoms with E-state index in [2.05, 4.69) is 43.5 Å². The number of hydrogen-bond acceptors (Lipinski definition) is 5. The van der Waals surface area contributed by atoms with Crippen molar-refractivity contribution in [2.75, 3.05) is 13.2 Å². The first-order chi connectivity index (χ1) is 39.0. The van der Waals surface area contributed by atoms with E-state index in [0.29, 0.717) is 19.4 Å². The predicted molar refractivity (Wildman–Crippen MR) is 347 cm³/mol. The number of esters is 1. The van der Waals surface area contributed by atoms with Gasteiger partial charge in [-0.15, -0.1) is 0 Å². The molecule has 0 aromatic rings. The molecular weight excluding hydrogens is 971 g/mol. The van der Waals surface area contributed by atoms with Crippen molar-refractivity contribution in [1.82, 2.24) is 5.32 Å². The number of unbranched alkanes of at least 4 members (excludes halogenated alkanes) is 52. The van der Waals surface area contributed by atoms with Gasteiger partial charge in [0.2, 0.25) is 5.91 Å². The van der Waals surface area contributed by atoms with E-state index in [4.69, 9.17) is 4.74 Å². The molecule has 0 rings (SSSR count). The van der Waals surface area contributed by atoms with Crippen LogP contribution in [0.25, 0.3) is 0 Å². The minimum Gasteiger partial charge on any atom is -0.466 e. The van der Waals surface area contributed by atoms with Crippen molar-refractivity contribution in [3.8, 4) is 0 Å². The number of hydrogen-bond donors (Lipinski definition) is 3. The van der Waals surface area contributed by atoms with Gasteiger partial charge in [0.1, 0.15) is 0 Å². The molecule has 0 saturated heterocycles. The number of aliphatic hydroxyl groups excluding tert-OH is 2. The van der Waals surface area contributed by atoms with Crippen LogP contribution in [0.4, 0.5) is 0 Å². The van der Waals surface area contributed by atoms with Crippen molar-refractivity contribution in [3.63, 3.8) is 0 Å². The standard InChI is InChI=1S/C73H139NO5/c1-3-5-7-9-11-13-15-16-17-18-19-20-21-27-30-33-36-39-42-46-49-53-57-61-65-71(76)70(69-75)74-72(77)66-62-58-54-50-47-43-40-37-34-31-28-25-23-22-24-26-29-32-35-38-41-44-48-52-56-60-64-68-79-73(78)67-63-59-55-51-45-14-12-10-8-6-4-2/h22-23,26,29,61,65,70-71,75-76H,3-21,24-25,27-28,30-60,62-64,66-69H2,1-2H3,(H,74,77)/b23-22-,29-26-,65-61+. The second kappa shape index (κ2) is 68.6. The van der Waals surface area contributed by atoms with Crippen LogP contribution in [0, 0.1) is 0 Å². The van der Waals surface area contributed by atoms with Crippen molar-refractivity contribution in [2.24, 2.45) is 0 Å². The Hall–Kier alpha value is -1.92. The molecule has 0 aromatic heterocycles. The van der Waals surface area contributed by atoms with Gasteiger partial charge in [0, 0.05) is 12.8 Å². The van der Waals surface area contributed by atoms with Gasteiger partial charge >= 0.3 is 5.97 Å². The zero-order valence-electron chi connectivity index (χ0n) is 53.4. The Bertz CT molecular complexity index is 1280. The third-order valence-electron chi connectivity index (χ3n) is 16.7.